The third kappa shape index (κ3) is 5.01. The highest BCUT2D eigenvalue weighted by Crippen LogP contribution is 2.37. The summed E-state index contributed by atoms with van der Waals surface area (Å²) in [5, 5.41) is 16.4. The standard InChI is InChI=1S/C23H26ClN9O3/c1-15(20-27-14-28-33(20)21-25-8-3-9-26-21)29-22(34)30-18-5-4-16(12-17(18)24)19-13-23(36-31-19)6-10-32(35-2)11-7-23/h3-5,8-9,12,14-15H,6-7,10-11,13H2,1-2H3,(H2,29,30,34). The minimum absolute atomic E-state index is 0.296. The van der Waals surface area contributed by atoms with Crippen molar-refractivity contribution in [1.82, 2.24) is 35.1 Å². The number of hydrogen-bond acceptors (Lipinski definition) is 9. The number of carbonyl (C=O) groups is 1. The van der Waals surface area contributed by atoms with Crippen molar-refractivity contribution in [2.24, 2.45) is 5.16 Å². The van der Waals surface area contributed by atoms with Crippen LogP contribution >= 0.6 is 11.6 Å². The Labute approximate surface area is 212 Å². The van der Waals surface area contributed by atoms with Gasteiger partial charge in [-0.3, -0.25) is 0 Å². The lowest BCUT2D eigenvalue weighted by atomic mass is 9.86. The maximum atomic E-state index is 12.7. The Morgan fingerprint density at radius 1 is 1.22 bits per heavy atom. The zero-order chi connectivity index (χ0) is 25.1. The number of nitrogens with one attached hydrogen (secondary N) is 2. The fourth-order valence-electron chi connectivity index (χ4n) is 4.34. The molecule has 1 unspecified atom stereocenters. The van der Waals surface area contributed by atoms with Gasteiger partial charge in [0.2, 0.25) is 0 Å². The van der Waals surface area contributed by atoms with Crippen LogP contribution < -0.4 is 10.6 Å². The second kappa shape index (κ2) is 10.2. The molecule has 2 aromatic heterocycles. The van der Waals surface area contributed by atoms with Gasteiger partial charge in [0.15, 0.2) is 5.82 Å². The molecule has 2 amide bonds. The van der Waals surface area contributed by atoms with Gasteiger partial charge in [-0.05, 0) is 25.1 Å². The Kier molecular flexibility index (Phi) is 6.81. The first-order valence-electron chi connectivity index (χ1n) is 11.6. The van der Waals surface area contributed by atoms with Crippen LogP contribution in [0.1, 0.15) is 43.6 Å². The van der Waals surface area contributed by atoms with E-state index in [1.54, 1.807) is 44.6 Å². The van der Waals surface area contributed by atoms with Crippen molar-refractivity contribution < 1.29 is 14.5 Å². The van der Waals surface area contributed by atoms with Crippen LogP contribution in [0.5, 0.6) is 0 Å². The van der Waals surface area contributed by atoms with E-state index in [2.05, 4.69) is 35.8 Å². The number of halogens is 1. The third-order valence-electron chi connectivity index (χ3n) is 6.33. The van der Waals surface area contributed by atoms with Gasteiger partial charge in [-0.2, -0.15) is 14.8 Å². The van der Waals surface area contributed by atoms with Crippen molar-refractivity contribution in [2.45, 2.75) is 37.8 Å². The van der Waals surface area contributed by atoms with Crippen molar-refractivity contribution in [1.29, 1.82) is 0 Å². The number of amides is 2. The van der Waals surface area contributed by atoms with Crippen molar-refractivity contribution in [3.05, 3.63) is 59.4 Å². The number of rotatable bonds is 6. The molecule has 1 saturated heterocycles. The molecule has 5 rings (SSSR count). The molecule has 13 heteroatoms. The van der Waals surface area contributed by atoms with Crippen molar-refractivity contribution in [2.75, 3.05) is 25.5 Å². The molecule has 1 fully saturated rings. The average Bonchev–Trinajstić information content (AvgIpc) is 3.54. The molecule has 0 bridgehead atoms. The first-order chi connectivity index (χ1) is 17.5. The first-order valence-corrected chi connectivity index (χ1v) is 11.9. The average molecular weight is 512 g/mol. The van der Waals surface area contributed by atoms with Crippen LogP contribution in [-0.2, 0) is 9.68 Å². The zero-order valence-corrected chi connectivity index (χ0v) is 20.6. The lowest BCUT2D eigenvalue weighted by molar-refractivity contribution is -0.179. The Morgan fingerprint density at radius 2 is 2.00 bits per heavy atom. The van der Waals surface area contributed by atoms with E-state index in [4.69, 9.17) is 21.3 Å². The SMILES string of the molecule is CON1CCC2(CC1)CC(c1ccc(NC(=O)NC(C)c3ncnn3-c3ncccn3)c(Cl)c1)=NO2. The van der Waals surface area contributed by atoms with E-state index in [1.807, 2.05) is 11.1 Å². The second-order valence-corrected chi connectivity index (χ2v) is 9.10. The van der Waals surface area contributed by atoms with Crippen LogP contribution in [0, 0.1) is 0 Å². The summed E-state index contributed by atoms with van der Waals surface area (Å²) >= 11 is 6.50. The maximum absolute atomic E-state index is 12.7. The van der Waals surface area contributed by atoms with E-state index in [9.17, 15) is 4.79 Å². The van der Waals surface area contributed by atoms with Crippen molar-refractivity contribution in [3.63, 3.8) is 0 Å². The number of nitrogens with zero attached hydrogens (tertiary/aromatic N) is 7. The van der Waals surface area contributed by atoms with E-state index in [1.165, 1.54) is 11.0 Å². The molecular formula is C23H26ClN9O3. The number of anilines is 1. The molecule has 4 heterocycles. The number of benzene rings is 1. The van der Waals surface area contributed by atoms with Gasteiger partial charge >= 0.3 is 6.03 Å². The Morgan fingerprint density at radius 3 is 2.72 bits per heavy atom. The highest BCUT2D eigenvalue weighted by molar-refractivity contribution is 6.34. The summed E-state index contributed by atoms with van der Waals surface area (Å²) in [5.41, 5.74) is 1.88. The predicted molar refractivity (Wildman–Crippen MR) is 132 cm³/mol. The molecule has 1 spiro atoms. The highest BCUT2D eigenvalue weighted by atomic mass is 35.5. The summed E-state index contributed by atoms with van der Waals surface area (Å²) in [7, 11) is 1.68. The van der Waals surface area contributed by atoms with Crippen molar-refractivity contribution >= 4 is 29.0 Å². The van der Waals surface area contributed by atoms with E-state index in [0.717, 1.165) is 37.2 Å². The normalized spacial score (nSPS) is 17.9. The minimum atomic E-state index is -0.472. The highest BCUT2D eigenvalue weighted by Gasteiger charge is 2.42. The number of urea groups is 1. The molecule has 2 aliphatic heterocycles. The molecule has 1 atom stereocenters. The van der Waals surface area contributed by atoms with E-state index >= 15 is 0 Å². The number of carbonyl (C=O) groups excluding carboxylic acids is 1. The van der Waals surface area contributed by atoms with E-state index < -0.39 is 12.1 Å². The fraction of sp³-hybridized carbons (Fsp3) is 0.391. The van der Waals surface area contributed by atoms with Gasteiger partial charge in [-0.25, -0.2) is 19.7 Å². The largest absolute Gasteiger partial charge is 0.388 e. The summed E-state index contributed by atoms with van der Waals surface area (Å²) in [6.07, 6.45) is 6.98. The smallest absolute Gasteiger partial charge is 0.319 e. The maximum Gasteiger partial charge on any atom is 0.319 e. The zero-order valence-electron chi connectivity index (χ0n) is 19.9. The van der Waals surface area contributed by atoms with Crippen LogP contribution in [0.4, 0.5) is 10.5 Å². The van der Waals surface area contributed by atoms with Gasteiger partial charge in [-0.1, -0.05) is 22.8 Å². The molecule has 12 nitrogen and oxygen atoms in total. The first kappa shape index (κ1) is 24.1. The van der Waals surface area contributed by atoms with Gasteiger partial charge in [-0.15, -0.1) is 0 Å². The van der Waals surface area contributed by atoms with Gasteiger partial charge < -0.3 is 20.3 Å². The van der Waals surface area contributed by atoms with Gasteiger partial charge in [0.25, 0.3) is 5.95 Å². The molecule has 0 aliphatic carbocycles. The monoisotopic (exact) mass is 511 g/mol. The summed E-state index contributed by atoms with van der Waals surface area (Å²) in [6, 6.07) is 6.21. The number of oxime groups is 1. The Balaban J connectivity index is 1.20. The fourth-order valence-corrected chi connectivity index (χ4v) is 4.56. The number of aromatic nitrogens is 5. The molecule has 0 radical (unpaired) electrons. The Hall–Kier alpha value is -3.61. The summed E-state index contributed by atoms with van der Waals surface area (Å²) < 4.78 is 1.48. The molecule has 188 valence electrons. The molecule has 1 aromatic carbocycles. The molecule has 2 N–H and O–H groups in total. The van der Waals surface area contributed by atoms with Gasteiger partial charge in [0.1, 0.15) is 11.9 Å². The van der Waals surface area contributed by atoms with Crippen molar-refractivity contribution in [3.8, 4) is 5.95 Å². The van der Waals surface area contributed by atoms with Crippen LogP contribution in [0.15, 0.2) is 48.1 Å². The quantitative estimate of drug-likeness (QED) is 0.516. The van der Waals surface area contributed by atoms with E-state index in [-0.39, 0.29) is 5.60 Å². The lowest BCUT2D eigenvalue weighted by Gasteiger charge is -2.35. The van der Waals surface area contributed by atoms with Gasteiger partial charge in [0.05, 0.1) is 29.6 Å². The molecule has 3 aromatic rings. The molecule has 2 aliphatic rings. The molecular weight excluding hydrogens is 486 g/mol. The molecule has 0 saturated carbocycles. The summed E-state index contributed by atoms with van der Waals surface area (Å²) in [4.78, 5) is 36.4. The minimum Gasteiger partial charge on any atom is -0.388 e. The van der Waals surface area contributed by atoms with Crippen LogP contribution in [0.2, 0.25) is 5.02 Å². The topological polar surface area (TPSA) is 132 Å². The Bertz CT molecular complexity index is 1260. The van der Waals surface area contributed by atoms with Crippen LogP contribution in [0.25, 0.3) is 5.95 Å². The second-order valence-electron chi connectivity index (χ2n) is 8.69. The number of piperidine rings is 1. The predicted octanol–water partition coefficient (Wildman–Crippen LogP) is 3.11. The summed E-state index contributed by atoms with van der Waals surface area (Å²) in [6.45, 7) is 3.38. The third-order valence-corrected chi connectivity index (χ3v) is 6.64. The van der Waals surface area contributed by atoms with Gasteiger partial charge in [0, 0.05) is 50.3 Å². The van der Waals surface area contributed by atoms with E-state index in [0.29, 0.717) is 28.9 Å². The number of hydrogen-bond donors (Lipinski definition) is 2. The van der Waals surface area contributed by atoms with Crippen LogP contribution in [-0.4, -0.2) is 67.3 Å². The van der Waals surface area contributed by atoms with Crippen LogP contribution in [0.3, 0.4) is 0 Å². The number of hydroxylamine groups is 2. The molecule has 36 heavy (non-hydrogen) atoms. The lowest BCUT2D eigenvalue weighted by Crippen LogP contribution is -2.44. The summed E-state index contributed by atoms with van der Waals surface area (Å²) in [5.74, 6) is 0.852.